The maximum absolute atomic E-state index is 12.7. The van der Waals surface area contributed by atoms with Crippen LogP contribution in [0.4, 0.5) is 13.2 Å². The molecule has 1 aromatic carbocycles. The van der Waals surface area contributed by atoms with Crippen molar-refractivity contribution in [1.82, 2.24) is 20.2 Å². The molecule has 2 heterocycles. The van der Waals surface area contributed by atoms with Crippen molar-refractivity contribution in [1.29, 1.82) is 0 Å². The number of H-pyrrole nitrogens is 1. The number of hydrogen-bond acceptors (Lipinski definition) is 6. The van der Waals surface area contributed by atoms with Gasteiger partial charge in [0, 0.05) is 16.7 Å². The summed E-state index contributed by atoms with van der Waals surface area (Å²) in [5.41, 5.74) is -1.50. The Morgan fingerprint density at radius 2 is 1.92 bits per heavy atom. The molecule has 0 saturated carbocycles. The standard InChI is InChI=1S/C14H8ClF3N4O2S/c15-8-3-1-7(2-4-8)12-22-21-11(24-12)6-25-13-19-9(14(16,17)18)5-10(23)20-13/h1-5H,6H2,(H,19,20,23). The summed E-state index contributed by atoms with van der Waals surface area (Å²) in [6, 6.07) is 7.10. The van der Waals surface area contributed by atoms with Crippen LogP contribution in [-0.2, 0) is 11.9 Å². The number of aromatic nitrogens is 4. The zero-order chi connectivity index (χ0) is 18.0. The summed E-state index contributed by atoms with van der Waals surface area (Å²) in [4.78, 5) is 16.9. The SMILES string of the molecule is O=c1cc(C(F)(F)F)nc(SCc2nnc(-c3ccc(Cl)cc3)o2)[nH]1. The highest BCUT2D eigenvalue weighted by molar-refractivity contribution is 7.98. The summed E-state index contributed by atoms with van der Waals surface area (Å²) < 4.78 is 43.4. The molecule has 0 radical (unpaired) electrons. The minimum atomic E-state index is -4.70. The molecule has 6 nitrogen and oxygen atoms in total. The molecule has 3 rings (SSSR count). The Morgan fingerprint density at radius 3 is 2.60 bits per heavy atom. The Balaban J connectivity index is 1.73. The van der Waals surface area contributed by atoms with Crippen LogP contribution in [0.3, 0.4) is 0 Å². The van der Waals surface area contributed by atoms with Gasteiger partial charge in [-0.15, -0.1) is 10.2 Å². The summed E-state index contributed by atoms with van der Waals surface area (Å²) in [5.74, 6) is 0.470. The fraction of sp³-hybridized carbons (Fsp3) is 0.143. The Morgan fingerprint density at radius 1 is 1.20 bits per heavy atom. The van der Waals surface area contributed by atoms with E-state index in [1.54, 1.807) is 24.3 Å². The van der Waals surface area contributed by atoms with Gasteiger partial charge in [-0.1, -0.05) is 23.4 Å². The van der Waals surface area contributed by atoms with Crippen molar-refractivity contribution in [3.05, 3.63) is 57.3 Å². The molecule has 0 amide bonds. The zero-order valence-electron chi connectivity index (χ0n) is 12.2. The van der Waals surface area contributed by atoms with Crippen molar-refractivity contribution < 1.29 is 17.6 Å². The Labute approximate surface area is 147 Å². The molecule has 0 atom stereocenters. The van der Waals surface area contributed by atoms with Gasteiger partial charge in [0.05, 0.1) is 5.75 Å². The largest absolute Gasteiger partial charge is 0.433 e. The summed E-state index contributed by atoms with van der Waals surface area (Å²) >= 11 is 6.64. The molecule has 0 unspecified atom stereocenters. The first-order chi connectivity index (χ1) is 11.8. The lowest BCUT2D eigenvalue weighted by atomic mass is 10.2. The minimum Gasteiger partial charge on any atom is -0.420 e. The molecular weight excluding hydrogens is 381 g/mol. The highest BCUT2D eigenvalue weighted by atomic mass is 35.5. The van der Waals surface area contributed by atoms with Crippen molar-refractivity contribution in [2.45, 2.75) is 17.1 Å². The van der Waals surface area contributed by atoms with E-state index in [0.29, 0.717) is 16.7 Å². The molecule has 0 aliphatic rings. The number of aromatic amines is 1. The van der Waals surface area contributed by atoms with Gasteiger partial charge in [-0.05, 0) is 24.3 Å². The third-order valence-electron chi connectivity index (χ3n) is 2.90. The minimum absolute atomic E-state index is 0.0465. The molecule has 3 aromatic rings. The van der Waals surface area contributed by atoms with Gasteiger partial charge < -0.3 is 9.40 Å². The molecule has 0 aliphatic carbocycles. The highest BCUT2D eigenvalue weighted by Gasteiger charge is 2.33. The second-order valence-corrected chi connectivity index (χ2v) is 6.13. The number of hydrogen-bond donors (Lipinski definition) is 1. The first kappa shape index (κ1) is 17.5. The van der Waals surface area contributed by atoms with E-state index in [0.717, 1.165) is 11.8 Å². The Bertz CT molecular complexity index is 940. The van der Waals surface area contributed by atoms with E-state index in [1.165, 1.54) is 0 Å². The number of thioether (sulfide) groups is 1. The number of nitrogens with zero attached hydrogens (tertiary/aromatic N) is 3. The predicted octanol–water partition coefficient (Wildman–Crippen LogP) is 3.78. The molecule has 0 fully saturated rings. The van der Waals surface area contributed by atoms with Gasteiger partial charge in [0.1, 0.15) is 0 Å². The van der Waals surface area contributed by atoms with Crippen molar-refractivity contribution >= 4 is 23.4 Å². The van der Waals surface area contributed by atoms with Gasteiger partial charge in [0.2, 0.25) is 11.8 Å². The van der Waals surface area contributed by atoms with Crippen molar-refractivity contribution in [2.24, 2.45) is 0 Å². The van der Waals surface area contributed by atoms with Crippen LogP contribution in [0.25, 0.3) is 11.5 Å². The van der Waals surface area contributed by atoms with Crippen molar-refractivity contribution in [3.8, 4) is 11.5 Å². The van der Waals surface area contributed by atoms with Gasteiger partial charge in [0.15, 0.2) is 10.9 Å². The summed E-state index contributed by atoms with van der Waals surface area (Å²) in [6.45, 7) is 0. The van der Waals surface area contributed by atoms with Gasteiger partial charge in [-0.2, -0.15) is 13.2 Å². The van der Waals surface area contributed by atoms with Gasteiger partial charge in [-0.25, -0.2) is 4.98 Å². The lowest BCUT2D eigenvalue weighted by molar-refractivity contribution is -0.141. The van der Waals surface area contributed by atoms with Crippen LogP contribution in [0, 0.1) is 0 Å². The van der Waals surface area contributed by atoms with E-state index in [4.69, 9.17) is 16.0 Å². The first-order valence-corrected chi connectivity index (χ1v) is 8.07. The van der Waals surface area contributed by atoms with Crippen LogP contribution in [0.5, 0.6) is 0 Å². The Kier molecular flexibility index (Phi) is 4.82. The molecule has 130 valence electrons. The zero-order valence-corrected chi connectivity index (χ0v) is 13.7. The van der Waals surface area contributed by atoms with E-state index in [9.17, 15) is 18.0 Å². The van der Waals surface area contributed by atoms with Crippen LogP contribution in [0.1, 0.15) is 11.6 Å². The maximum Gasteiger partial charge on any atom is 0.433 e. The number of benzene rings is 1. The second-order valence-electron chi connectivity index (χ2n) is 4.73. The average Bonchev–Trinajstić information content (AvgIpc) is 3.01. The summed E-state index contributed by atoms with van der Waals surface area (Å²) in [5, 5.41) is 8.03. The van der Waals surface area contributed by atoms with Crippen molar-refractivity contribution in [3.63, 3.8) is 0 Å². The quantitative estimate of drug-likeness (QED) is 0.540. The molecule has 0 spiro atoms. The smallest absolute Gasteiger partial charge is 0.420 e. The van der Waals surface area contributed by atoms with Gasteiger partial charge in [-0.3, -0.25) is 4.79 Å². The number of nitrogens with one attached hydrogen (secondary N) is 1. The second kappa shape index (κ2) is 6.89. The lowest BCUT2D eigenvalue weighted by Gasteiger charge is -2.06. The van der Waals surface area contributed by atoms with Crippen LogP contribution in [-0.4, -0.2) is 20.2 Å². The van der Waals surface area contributed by atoms with E-state index in [1.807, 2.05) is 0 Å². The van der Waals surface area contributed by atoms with Crippen LogP contribution < -0.4 is 5.56 Å². The monoisotopic (exact) mass is 388 g/mol. The lowest BCUT2D eigenvalue weighted by Crippen LogP contribution is -2.16. The Hall–Kier alpha value is -2.33. The molecule has 2 aromatic heterocycles. The van der Waals surface area contributed by atoms with Crippen LogP contribution in [0.15, 0.2) is 44.7 Å². The normalized spacial score (nSPS) is 11.7. The fourth-order valence-electron chi connectivity index (χ4n) is 1.80. The van der Waals surface area contributed by atoms with Crippen molar-refractivity contribution in [2.75, 3.05) is 0 Å². The molecule has 0 bridgehead atoms. The average molecular weight is 389 g/mol. The third-order valence-corrected chi connectivity index (χ3v) is 4.01. The fourth-order valence-corrected chi connectivity index (χ4v) is 2.64. The number of halogens is 4. The summed E-state index contributed by atoms with van der Waals surface area (Å²) in [7, 11) is 0. The number of rotatable bonds is 4. The maximum atomic E-state index is 12.7. The van der Waals surface area contributed by atoms with E-state index in [-0.39, 0.29) is 22.7 Å². The molecule has 25 heavy (non-hydrogen) atoms. The van der Waals surface area contributed by atoms with E-state index < -0.39 is 17.4 Å². The van der Waals surface area contributed by atoms with Crippen LogP contribution >= 0.6 is 23.4 Å². The molecule has 0 saturated heterocycles. The number of alkyl halides is 3. The molecular formula is C14H8ClF3N4O2S. The van der Waals surface area contributed by atoms with Crippen LogP contribution in [0.2, 0.25) is 5.02 Å². The van der Waals surface area contributed by atoms with Gasteiger partial charge in [0.25, 0.3) is 5.56 Å². The topological polar surface area (TPSA) is 84.7 Å². The molecule has 11 heteroatoms. The highest BCUT2D eigenvalue weighted by Crippen LogP contribution is 2.28. The van der Waals surface area contributed by atoms with E-state index >= 15 is 0 Å². The third kappa shape index (κ3) is 4.40. The first-order valence-electron chi connectivity index (χ1n) is 6.71. The van der Waals surface area contributed by atoms with Gasteiger partial charge >= 0.3 is 6.18 Å². The molecule has 0 aliphatic heterocycles. The predicted molar refractivity (Wildman–Crippen MR) is 84.2 cm³/mol. The van der Waals surface area contributed by atoms with E-state index in [2.05, 4.69) is 20.2 Å². The summed E-state index contributed by atoms with van der Waals surface area (Å²) in [6.07, 6.45) is -4.70. The molecule has 1 N–H and O–H groups in total.